The number of amides is 1. The molecule has 12 heteroatoms. The highest BCUT2D eigenvalue weighted by Gasteiger charge is 2.33. The molecule has 0 aliphatic carbocycles. The Labute approximate surface area is 188 Å². The fourth-order valence-electron chi connectivity index (χ4n) is 3.29. The predicted molar refractivity (Wildman–Crippen MR) is 111 cm³/mol. The minimum atomic E-state index is -1.82. The van der Waals surface area contributed by atoms with Gasteiger partial charge >= 0.3 is 11.9 Å². The van der Waals surface area contributed by atoms with Crippen LogP contribution in [-0.4, -0.2) is 82.0 Å². The van der Waals surface area contributed by atoms with Crippen molar-refractivity contribution in [2.45, 2.75) is 24.9 Å². The second-order valence-electron chi connectivity index (χ2n) is 7.41. The SMILES string of the molecule is O=C(CN1CC(c2nc(-c3cccc(Cl)c3)no2)C1)NCC1CCCO1.O=C(O)C(=O)O. The maximum Gasteiger partial charge on any atom is 0.414 e. The average molecular weight is 467 g/mol. The van der Waals surface area contributed by atoms with Crippen molar-refractivity contribution in [1.82, 2.24) is 20.4 Å². The number of carboxylic acid groups (broad SMARTS) is 2. The van der Waals surface area contributed by atoms with Crippen molar-refractivity contribution in [3.8, 4) is 11.4 Å². The molecule has 0 spiro atoms. The number of ether oxygens (including phenoxy) is 1. The average Bonchev–Trinajstić information content (AvgIpc) is 3.41. The molecular weight excluding hydrogens is 444 g/mol. The van der Waals surface area contributed by atoms with Crippen LogP contribution < -0.4 is 5.32 Å². The molecule has 1 aromatic carbocycles. The molecule has 2 saturated heterocycles. The van der Waals surface area contributed by atoms with Gasteiger partial charge in [-0.15, -0.1) is 0 Å². The molecule has 2 aliphatic heterocycles. The zero-order valence-corrected chi connectivity index (χ0v) is 17.8. The van der Waals surface area contributed by atoms with Gasteiger partial charge in [0.2, 0.25) is 17.6 Å². The quantitative estimate of drug-likeness (QED) is 0.529. The summed E-state index contributed by atoms with van der Waals surface area (Å²) in [5, 5.41) is 22.4. The maximum absolute atomic E-state index is 12.0. The highest BCUT2D eigenvalue weighted by Crippen LogP contribution is 2.28. The summed E-state index contributed by atoms with van der Waals surface area (Å²) >= 11 is 6.00. The van der Waals surface area contributed by atoms with E-state index in [1.807, 2.05) is 18.2 Å². The van der Waals surface area contributed by atoms with Gasteiger partial charge in [0, 0.05) is 36.8 Å². The summed E-state index contributed by atoms with van der Waals surface area (Å²) in [7, 11) is 0. The van der Waals surface area contributed by atoms with E-state index in [1.54, 1.807) is 6.07 Å². The summed E-state index contributed by atoms with van der Waals surface area (Å²) < 4.78 is 10.9. The van der Waals surface area contributed by atoms with Crippen molar-refractivity contribution in [3.63, 3.8) is 0 Å². The Kier molecular flexibility index (Phi) is 8.14. The summed E-state index contributed by atoms with van der Waals surface area (Å²) in [6.45, 7) is 3.27. The van der Waals surface area contributed by atoms with Gasteiger partial charge in [-0.1, -0.05) is 28.9 Å². The van der Waals surface area contributed by atoms with Crippen LogP contribution in [0.25, 0.3) is 11.4 Å². The molecule has 4 rings (SSSR count). The lowest BCUT2D eigenvalue weighted by molar-refractivity contribution is -0.159. The van der Waals surface area contributed by atoms with Gasteiger partial charge < -0.3 is 24.8 Å². The zero-order valence-electron chi connectivity index (χ0n) is 17.1. The molecule has 0 bridgehead atoms. The first-order chi connectivity index (χ1) is 15.3. The molecule has 0 saturated carbocycles. The topological polar surface area (TPSA) is 155 Å². The van der Waals surface area contributed by atoms with Crippen LogP contribution in [-0.2, 0) is 19.1 Å². The minimum Gasteiger partial charge on any atom is -0.473 e. The fourth-order valence-corrected chi connectivity index (χ4v) is 3.48. The summed E-state index contributed by atoms with van der Waals surface area (Å²) in [6.07, 6.45) is 2.28. The molecule has 11 nitrogen and oxygen atoms in total. The molecule has 2 fully saturated rings. The molecule has 1 unspecified atom stereocenters. The highest BCUT2D eigenvalue weighted by molar-refractivity contribution is 6.30. The van der Waals surface area contributed by atoms with Crippen molar-refractivity contribution < 1.29 is 33.9 Å². The number of carbonyl (C=O) groups excluding carboxylic acids is 1. The highest BCUT2D eigenvalue weighted by atomic mass is 35.5. The van der Waals surface area contributed by atoms with E-state index in [4.69, 9.17) is 40.7 Å². The zero-order chi connectivity index (χ0) is 23.1. The van der Waals surface area contributed by atoms with Gasteiger partial charge in [0.1, 0.15) is 0 Å². The first-order valence-electron chi connectivity index (χ1n) is 9.98. The molecule has 3 N–H and O–H groups in total. The van der Waals surface area contributed by atoms with Crippen LogP contribution in [0.1, 0.15) is 24.7 Å². The summed E-state index contributed by atoms with van der Waals surface area (Å²) in [5.74, 6) is -2.30. The van der Waals surface area contributed by atoms with E-state index in [9.17, 15) is 4.79 Å². The first-order valence-corrected chi connectivity index (χ1v) is 10.4. The smallest absolute Gasteiger partial charge is 0.414 e. The van der Waals surface area contributed by atoms with Gasteiger partial charge in [-0.05, 0) is 25.0 Å². The Morgan fingerprint density at radius 2 is 1.97 bits per heavy atom. The van der Waals surface area contributed by atoms with Crippen molar-refractivity contribution >= 4 is 29.4 Å². The van der Waals surface area contributed by atoms with Gasteiger partial charge in [0.05, 0.1) is 18.6 Å². The maximum atomic E-state index is 12.0. The third kappa shape index (κ3) is 6.74. The normalized spacial score (nSPS) is 18.3. The minimum absolute atomic E-state index is 0.0316. The van der Waals surface area contributed by atoms with E-state index >= 15 is 0 Å². The Bertz CT molecular complexity index is 943. The number of nitrogens with zero attached hydrogens (tertiary/aromatic N) is 3. The third-order valence-electron chi connectivity index (χ3n) is 4.93. The van der Waals surface area contributed by atoms with Crippen LogP contribution in [0, 0.1) is 0 Å². The molecule has 1 aromatic heterocycles. The van der Waals surface area contributed by atoms with Gasteiger partial charge in [0.25, 0.3) is 0 Å². The van der Waals surface area contributed by atoms with Gasteiger partial charge in [-0.25, -0.2) is 9.59 Å². The third-order valence-corrected chi connectivity index (χ3v) is 5.17. The van der Waals surface area contributed by atoms with Crippen molar-refractivity contribution in [2.75, 3.05) is 32.8 Å². The number of likely N-dealkylation sites (tertiary alicyclic amines) is 1. The number of carbonyl (C=O) groups is 3. The predicted octanol–water partition coefficient (Wildman–Crippen LogP) is 1.24. The molecule has 3 heterocycles. The molecule has 1 atom stereocenters. The lowest BCUT2D eigenvalue weighted by Crippen LogP contribution is -2.50. The van der Waals surface area contributed by atoms with Crippen molar-refractivity contribution in [1.29, 1.82) is 0 Å². The second kappa shape index (κ2) is 11.0. The van der Waals surface area contributed by atoms with Crippen LogP contribution in [0.5, 0.6) is 0 Å². The Morgan fingerprint density at radius 3 is 2.59 bits per heavy atom. The fraction of sp³-hybridized carbons (Fsp3) is 0.450. The van der Waals surface area contributed by atoms with Crippen molar-refractivity contribution in [3.05, 3.63) is 35.2 Å². The number of rotatable bonds is 6. The van der Waals surface area contributed by atoms with E-state index in [0.29, 0.717) is 29.8 Å². The number of nitrogens with one attached hydrogen (secondary N) is 1. The molecule has 32 heavy (non-hydrogen) atoms. The first kappa shape index (κ1) is 23.6. The number of benzene rings is 1. The number of aliphatic carboxylic acids is 2. The molecule has 2 aromatic rings. The van der Waals surface area contributed by atoms with E-state index < -0.39 is 11.9 Å². The van der Waals surface area contributed by atoms with Crippen LogP contribution in [0.3, 0.4) is 0 Å². The number of carboxylic acids is 2. The number of hydrogen-bond acceptors (Lipinski definition) is 8. The van der Waals surface area contributed by atoms with Crippen LogP contribution in [0.2, 0.25) is 5.02 Å². The number of aromatic nitrogens is 2. The van der Waals surface area contributed by atoms with E-state index in [-0.39, 0.29) is 17.9 Å². The largest absolute Gasteiger partial charge is 0.473 e. The molecule has 1 amide bonds. The van der Waals surface area contributed by atoms with Gasteiger partial charge in [-0.3, -0.25) is 9.69 Å². The Morgan fingerprint density at radius 1 is 1.22 bits per heavy atom. The summed E-state index contributed by atoms with van der Waals surface area (Å²) in [4.78, 5) is 36.7. The summed E-state index contributed by atoms with van der Waals surface area (Å²) in [5.41, 5.74) is 0.831. The van der Waals surface area contributed by atoms with E-state index in [0.717, 1.165) is 38.1 Å². The molecule has 172 valence electrons. The van der Waals surface area contributed by atoms with Crippen molar-refractivity contribution in [2.24, 2.45) is 0 Å². The number of halogens is 1. The molecule has 0 radical (unpaired) electrons. The standard InChI is InChI=1S/C18H21ClN4O3.C2H2O4/c19-14-4-1-3-12(7-14)17-21-18(26-22-17)13-9-23(10-13)11-16(24)20-8-15-5-2-6-25-15;3-1(4)2(5)6/h1,3-4,7,13,15H,2,5-6,8-11H2,(H,20,24);(H,3,4)(H,5,6). The summed E-state index contributed by atoms with van der Waals surface area (Å²) in [6, 6.07) is 7.36. The Balaban J connectivity index is 0.000000427. The van der Waals surface area contributed by atoms with E-state index in [1.165, 1.54) is 0 Å². The van der Waals surface area contributed by atoms with Crippen LogP contribution in [0.15, 0.2) is 28.8 Å². The monoisotopic (exact) mass is 466 g/mol. The lowest BCUT2D eigenvalue weighted by Gasteiger charge is -2.36. The van der Waals surface area contributed by atoms with Gasteiger partial charge in [-0.2, -0.15) is 4.98 Å². The molecular formula is C20H23ClN4O7. The second-order valence-corrected chi connectivity index (χ2v) is 7.84. The Hall–Kier alpha value is -3.02. The molecule has 2 aliphatic rings. The van der Waals surface area contributed by atoms with Crippen LogP contribution in [0.4, 0.5) is 0 Å². The number of hydrogen-bond donors (Lipinski definition) is 3. The van der Waals surface area contributed by atoms with E-state index in [2.05, 4.69) is 20.4 Å². The van der Waals surface area contributed by atoms with Gasteiger partial charge in [0.15, 0.2) is 0 Å². The van der Waals surface area contributed by atoms with Crippen LogP contribution >= 0.6 is 11.6 Å². The lowest BCUT2D eigenvalue weighted by atomic mass is 10.0.